The van der Waals surface area contributed by atoms with Crippen molar-refractivity contribution in [1.82, 2.24) is 10.3 Å². The number of anilines is 2. The summed E-state index contributed by atoms with van der Waals surface area (Å²) < 4.78 is 5.15. The fraction of sp³-hybridized carbons (Fsp3) is 0.118. The lowest BCUT2D eigenvalue weighted by Crippen LogP contribution is -2.24. The highest BCUT2D eigenvalue weighted by Gasteiger charge is 2.10. The minimum atomic E-state index is -0.421. The van der Waals surface area contributed by atoms with Gasteiger partial charge in [0.25, 0.3) is 0 Å². The molecule has 134 valence electrons. The first-order chi connectivity index (χ1) is 12.6. The number of hydrogen-bond acceptors (Lipinski definition) is 5. The number of hydrogen-bond donors (Lipinski definition) is 3. The molecular weight excluding hydrogens is 376 g/mol. The number of nitrogens with one attached hydrogen (secondary N) is 3. The Hall–Kier alpha value is -2.84. The number of rotatable bonds is 6. The van der Waals surface area contributed by atoms with E-state index in [1.54, 1.807) is 48.0 Å². The Bertz CT molecular complexity index is 878. The number of furan rings is 1. The van der Waals surface area contributed by atoms with Gasteiger partial charge in [-0.2, -0.15) is 0 Å². The summed E-state index contributed by atoms with van der Waals surface area (Å²) in [6.07, 6.45) is 1.67. The number of benzene rings is 1. The zero-order valence-corrected chi connectivity index (χ0v) is 15.1. The third-order valence-electron chi connectivity index (χ3n) is 3.26. The zero-order valence-electron chi connectivity index (χ0n) is 13.5. The van der Waals surface area contributed by atoms with Gasteiger partial charge in [0.15, 0.2) is 5.13 Å². The third-order valence-corrected chi connectivity index (χ3v) is 4.31. The van der Waals surface area contributed by atoms with E-state index < -0.39 is 6.03 Å². The number of carbonyl (C=O) groups is 2. The minimum absolute atomic E-state index is 0.123. The first kappa shape index (κ1) is 18.0. The Morgan fingerprint density at radius 2 is 1.96 bits per heavy atom. The fourth-order valence-electron chi connectivity index (χ4n) is 2.06. The van der Waals surface area contributed by atoms with Gasteiger partial charge in [0.2, 0.25) is 5.91 Å². The van der Waals surface area contributed by atoms with Crippen molar-refractivity contribution in [1.29, 1.82) is 0 Å². The summed E-state index contributed by atoms with van der Waals surface area (Å²) in [5.74, 6) is 0.502. The number of carbonyl (C=O) groups excluding carboxylic acids is 2. The van der Waals surface area contributed by atoms with Crippen molar-refractivity contribution in [2.75, 3.05) is 10.6 Å². The number of amides is 3. The van der Waals surface area contributed by atoms with Crippen LogP contribution in [0.5, 0.6) is 0 Å². The van der Waals surface area contributed by atoms with E-state index in [-0.39, 0.29) is 12.3 Å². The SMILES string of the molecule is O=C(Cc1csc(NC(=O)Nc2ccc(Cl)cc2)n1)NCc1ccco1. The van der Waals surface area contributed by atoms with Crippen molar-refractivity contribution in [3.05, 3.63) is 64.5 Å². The smallest absolute Gasteiger partial charge is 0.325 e. The molecule has 0 aliphatic heterocycles. The van der Waals surface area contributed by atoms with Gasteiger partial charge in [-0.05, 0) is 36.4 Å². The molecule has 7 nitrogen and oxygen atoms in total. The molecule has 0 spiro atoms. The molecule has 0 radical (unpaired) electrons. The summed E-state index contributed by atoms with van der Waals surface area (Å²) in [5.41, 5.74) is 1.19. The second-order valence-corrected chi connectivity index (χ2v) is 6.56. The van der Waals surface area contributed by atoms with Crippen LogP contribution in [0.1, 0.15) is 11.5 Å². The number of aromatic nitrogens is 1. The van der Waals surface area contributed by atoms with Crippen LogP contribution in [0.4, 0.5) is 15.6 Å². The lowest BCUT2D eigenvalue weighted by Gasteiger charge is -2.05. The first-order valence-electron chi connectivity index (χ1n) is 7.65. The molecule has 0 fully saturated rings. The number of nitrogens with zero attached hydrogens (tertiary/aromatic N) is 1. The molecule has 3 rings (SSSR count). The van der Waals surface area contributed by atoms with Crippen molar-refractivity contribution in [2.24, 2.45) is 0 Å². The molecule has 2 heterocycles. The second kappa shape index (κ2) is 8.50. The van der Waals surface area contributed by atoms with E-state index in [1.807, 2.05) is 0 Å². The minimum Gasteiger partial charge on any atom is -0.467 e. The van der Waals surface area contributed by atoms with Gasteiger partial charge in [0.1, 0.15) is 5.76 Å². The van der Waals surface area contributed by atoms with Crippen molar-refractivity contribution < 1.29 is 14.0 Å². The predicted molar refractivity (Wildman–Crippen MR) is 100 cm³/mol. The molecule has 0 aliphatic rings. The quantitative estimate of drug-likeness (QED) is 0.594. The molecule has 3 amide bonds. The van der Waals surface area contributed by atoms with Crippen LogP contribution in [0.25, 0.3) is 0 Å². The number of halogens is 1. The molecule has 0 aliphatic carbocycles. The van der Waals surface area contributed by atoms with E-state index in [0.29, 0.717) is 33.8 Å². The van der Waals surface area contributed by atoms with Gasteiger partial charge in [0, 0.05) is 16.1 Å². The number of thiazole rings is 1. The lowest BCUT2D eigenvalue weighted by molar-refractivity contribution is -0.120. The van der Waals surface area contributed by atoms with E-state index in [1.165, 1.54) is 11.3 Å². The summed E-state index contributed by atoms with van der Waals surface area (Å²) in [7, 11) is 0. The Labute approximate surface area is 158 Å². The maximum absolute atomic E-state index is 12.0. The van der Waals surface area contributed by atoms with Gasteiger partial charge in [0.05, 0.1) is 24.9 Å². The Morgan fingerprint density at radius 1 is 1.15 bits per heavy atom. The average Bonchev–Trinajstić information content (AvgIpc) is 3.27. The van der Waals surface area contributed by atoms with E-state index in [9.17, 15) is 9.59 Å². The summed E-state index contributed by atoms with van der Waals surface area (Å²) in [6, 6.07) is 9.87. The highest BCUT2D eigenvalue weighted by Crippen LogP contribution is 2.17. The summed E-state index contributed by atoms with van der Waals surface area (Å²) in [6.45, 7) is 0.324. The number of urea groups is 1. The van der Waals surface area contributed by atoms with Crippen molar-refractivity contribution in [2.45, 2.75) is 13.0 Å². The van der Waals surface area contributed by atoms with Crippen LogP contribution in [-0.2, 0) is 17.8 Å². The fourth-order valence-corrected chi connectivity index (χ4v) is 2.90. The van der Waals surface area contributed by atoms with E-state index >= 15 is 0 Å². The third kappa shape index (κ3) is 5.33. The van der Waals surface area contributed by atoms with E-state index in [2.05, 4.69) is 20.9 Å². The molecular formula is C17H15ClN4O3S. The molecule has 1 aromatic carbocycles. The van der Waals surface area contributed by atoms with Gasteiger partial charge in [-0.25, -0.2) is 9.78 Å². The van der Waals surface area contributed by atoms with Crippen LogP contribution in [0.3, 0.4) is 0 Å². The Morgan fingerprint density at radius 3 is 2.69 bits per heavy atom. The topological polar surface area (TPSA) is 96.3 Å². The van der Waals surface area contributed by atoms with E-state index in [4.69, 9.17) is 16.0 Å². The molecule has 0 saturated heterocycles. The Kier molecular flexibility index (Phi) is 5.88. The lowest BCUT2D eigenvalue weighted by atomic mass is 10.3. The summed E-state index contributed by atoms with van der Waals surface area (Å²) >= 11 is 7.05. The highest BCUT2D eigenvalue weighted by atomic mass is 35.5. The van der Waals surface area contributed by atoms with Crippen molar-refractivity contribution >= 4 is 45.7 Å². The Balaban J connectivity index is 1.47. The van der Waals surface area contributed by atoms with Crippen LogP contribution in [0.2, 0.25) is 5.02 Å². The molecule has 0 bridgehead atoms. The molecule has 26 heavy (non-hydrogen) atoms. The van der Waals surface area contributed by atoms with Gasteiger partial charge < -0.3 is 15.1 Å². The van der Waals surface area contributed by atoms with Gasteiger partial charge in [-0.1, -0.05) is 11.6 Å². The first-order valence-corrected chi connectivity index (χ1v) is 8.91. The van der Waals surface area contributed by atoms with Crippen molar-refractivity contribution in [3.8, 4) is 0 Å². The van der Waals surface area contributed by atoms with Gasteiger partial charge in [-0.3, -0.25) is 10.1 Å². The molecule has 0 atom stereocenters. The van der Waals surface area contributed by atoms with Crippen LogP contribution in [0.15, 0.2) is 52.5 Å². The molecule has 3 N–H and O–H groups in total. The highest BCUT2D eigenvalue weighted by molar-refractivity contribution is 7.14. The summed E-state index contributed by atoms with van der Waals surface area (Å²) in [4.78, 5) is 28.1. The van der Waals surface area contributed by atoms with Crippen LogP contribution in [0, 0.1) is 0 Å². The molecule has 9 heteroatoms. The largest absolute Gasteiger partial charge is 0.467 e. The standard InChI is InChI=1S/C17H15ClN4O3S/c18-11-3-5-12(6-4-11)20-16(24)22-17-21-13(10-26-17)8-15(23)19-9-14-2-1-7-25-14/h1-7,10H,8-9H2,(H,19,23)(H2,20,21,22,24). The monoisotopic (exact) mass is 390 g/mol. The second-order valence-electron chi connectivity index (χ2n) is 5.26. The zero-order chi connectivity index (χ0) is 18.4. The van der Waals surface area contributed by atoms with Crippen LogP contribution >= 0.6 is 22.9 Å². The molecule has 2 aromatic heterocycles. The molecule has 3 aromatic rings. The van der Waals surface area contributed by atoms with Gasteiger partial charge in [-0.15, -0.1) is 11.3 Å². The normalized spacial score (nSPS) is 10.3. The predicted octanol–water partition coefficient (Wildman–Crippen LogP) is 3.89. The van der Waals surface area contributed by atoms with Crippen LogP contribution in [-0.4, -0.2) is 16.9 Å². The molecule has 0 saturated carbocycles. The maximum Gasteiger partial charge on any atom is 0.325 e. The summed E-state index contributed by atoms with van der Waals surface area (Å²) in [5, 5.41) is 10.8. The average molecular weight is 391 g/mol. The maximum atomic E-state index is 12.0. The van der Waals surface area contributed by atoms with E-state index in [0.717, 1.165) is 0 Å². The molecule has 0 unspecified atom stereocenters. The van der Waals surface area contributed by atoms with Crippen LogP contribution < -0.4 is 16.0 Å². The van der Waals surface area contributed by atoms with Gasteiger partial charge >= 0.3 is 6.03 Å². The van der Waals surface area contributed by atoms with Crippen molar-refractivity contribution in [3.63, 3.8) is 0 Å².